The summed E-state index contributed by atoms with van der Waals surface area (Å²) in [6.45, 7) is 5.10. The van der Waals surface area contributed by atoms with Crippen molar-refractivity contribution in [1.29, 1.82) is 0 Å². The monoisotopic (exact) mass is 193 g/mol. The minimum Gasteiger partial charge on any atom is -0.316 e. The van der Waals surface area contributed by atoms with E-state index >= 15 is 0 Å². The van der Waals surface area contributed by atoms with Gasteiger partial charge in [-0.05, 0) is 49.0 Å². The molecule has 1 N–H and O–H groups in total. The number of hydrogen-bond acceptors (Lipinski definition) is 1. The van der Waals surface area contributed by atoms with Gasteiger partial charge in [0.25, 0.3) is 0 Å². The predicted octanol–water partition coefficient (Wildman–Crippen LogP) is 2.96. The molecule has 0 bridgehead atoms. The minimum absolute atomic E-state index is 0.712. The van der Waals surface area contributed by atoms with Gasteiger partial charge in [-0.3, -0.25) is 0 Å². The molecule has 1 saturated heterocycles. The van der Waals surface area contributed by atoms with Crippen LogP contribution >= 0.6 is 0 Å². The van der Waals surface area contributed by atoms with Gasteiger partial charge < -0.3 is 5.32 Å². The summed E-state index contributed by atoms with van der Waals surface area (Å²) in [5, 5.41) is 3.66. The van der Waals surface area contributed by atoms with E-state index in [9.17, 15) is 0 Å². The van der Waals surface area contributed by atoms with Gasteiger partial charge in [0.15, 0.2) is 0 Å². The van der Waals surface area contributed by atoms with Crippen LogP contribution in [-0.4, -0.2) is 13.1 Å². The van der Waals surface area contributed by atoms with Crippen LogP contribution in [0, 0.1) is 16.7 Å². The van der Waals surface area contributed by atoms with Gasteiger partial charge in [-0.1, -0.05) is 26.2 Å². The Hall–Kier alpha value is -0.0400. The topological polar surface area (TPSA) is 12.0 Å². The van der Waals surface area contributed by atoms with E-state index in [1.54, 1.807) is 19.3 Å². The molecule has 1 nitrogen and oxygen atoms in total. The largest absolute Gasteiger partial charge is 0.316 e. The Morgan fingerprint density at radius 2 is 1.71 bits per heavy atom. The molecule has 0 amide bonds. The highest BCUT2D eigenvalue weighted by Gasteiger charge is 2.58. The van der Waals surface area contributed by atoms with Crippen molar-refractivity contribution >= 4 is 0 Å². The molecule has 2 spiro atoms. The molecule has 0 radical (unpaired) electrons. The summed E-state index contributed by atoms with van der Waals surface area (Å²) < 4.78 is 0. The van der Waals surface area contributed by atoms with E-state index < -0.39 is 0 Å². The second kappa shape index (κ2) is 2.98. The van der Waals surface area contributed by atoms with Crippen LogP contribution < -0.4 is 5.32 Å². The van der Waals surface area contributed by atoms with E-state index in [-0.39, 0.29) is 0 Å². The maximum atomic E-state index is 3.66. The van der Waals surface area contributed by atoms with Crippen molar-refractivity contribution in [3.8, 4) is 0 Å². The van der Waals surface area contributed by atoms with Gasteiger partial charge in [-0.25, -0.2) is 0 Å². The van der Waals surface area contributed by atoms with Crippen LogP contribution in [-0.2, 0) is 0 Å². The van der Waals surface area contributed by atoms with Crippen LogP contribution in [0.4, 0.5) is 0 Å². The first-order valence-electron chi connectivity index (χ1n) is 6.50. The summed E-state index contributed by atoms with van der Waals surface area (Å²) in [6, 6.07) is 0. The van der Waals surface area contributed by atoms with Crippen molar-refractivity contribution in [2.45, 2.75) is 51.9 Å². The molecule has 3 aliphatic rings. The molecule has 2 saturated carbocycles. The lowest BCUT2D eigenvalue weighted by Gasteiger charge is -2.44. The summed E-state index contributed by atoms with van der Waals surface area (Å²) in [7, 11) is 0. The molecule has 1 heteroatoms. The first-order chi connectivity index (χ1) is 6.79. The average Bonchev–Trinajstić information content (AvgIpc) is 2.84. The van der Waals surface area contributed by atoms with Gasteiger partial charge >= 0.3 is 0 Å². The highest BCUT2D eigenvalue weighted by molar-refractivity contribution is 5.10. The fourth-order valence-electron chi connectivity index (χ4n) is 4.98. The second-order valence-electron chi connectivity index (χ2n) is 6.03. The minimum atomic E-state index is 0.712. The molecule has 3 rings (SSSR count). The number of nitrogens with one attached hydrogen (secondary N) is 1. The number of fused-ring (bicyclic) bond motifs is 1. The fraction of sp³-hybridized carbons (Fsp3) is 1.00. The zero-order chi connectivity index (χ0) is 9.65. The Morgan fingerprint density at radius 1 is 1.00 bits per heavy atom. The first-order valence-corrected chi connectivity index (χ1v) is 6.50. The Morgan fingerprint density at radius 3 is 2.36 bits per heavy atom. The number of rotatable bonds is 0. The lowest BCUT2D eigenvalue weighted by molar-refractivity contribution is 0.0562. The SMILES string of the molecule is CC1CNCC12CCCC21CCCC1. The lowest BCUT2D eigenvalue weighted by Crippen LogP contribution is -2.41. The van der Waals surface area contributed by atoms with Gasteiger partial charge in [0.1, 0.15) is 0 Å². The van der Waals surface area contributed by atoms with Crippen molar-refractivity contribution in [3.05, 3.63) is 0 Å². The highest BCUT2D eigenvalue weighted by Crippen LogP contribution is 2.65. The van der Waals surface area contributed by atoms with E-state index in [1.807, 2.05) is 0 Å². The Labute approximate surface area is 87.7 Å². The first kappa shape index (κ1) is 9.21. The summed E-state index contributed by atoms with van der Waals surface area (Å²) >= 11 is 0. The van der Waals surface area contributed by atoms with Crippen LogP contribution in [0.5, 0.6) is 0 Å². The van der Waals surface area contributed by atoms with E-state index in [4.69, 9.17) is 0 Å². The second-order valence-corrected chi connectivity index (χ2v) is 6.03. The molecule has 2 unspecified atom stereocenters. The molecule has 1 heterocycles. The molecule has 3 fully saturated rings. The van der Waals surface area contributed by atoms with Crippen molar-refractivity contribution in [2.24, 2.45) is 16.7 Å². The van der Waals surface area contributed by atoms with Crippen LogP contribution in [0.25, 0.3) is 0 Å². The molecule has 2 aliphatic carbocycles. The van der Waals surface area contributed by atoms with Gasteiger partial charge in [-0.15, -0.1) is 0 Å². The van der Waals surface area contributed by atoms with E-state index in [2.05, 4.69) is 12.2 Å². The standard InChI is InChI=1S/C13H23N/c1-11-9-14-10-13(11)8-4-7-12(13)5-2-3-6-12/h11,14H,2-10H2,1H3. The van der Waals surface area contributed by atoms with Crippen molar-refractivity contribution < 1.29 is 0 Å². The van der Waals surface area contributed by atoms with Gasteiger partial charge in [0, 0.05) is 6.54 Å². The third-order valence-corrected chi connectivity index (χ3v) is 5.73. The molecule has 80 valence electrons. The van der Waals surface area contributed by atoms with E-state index in [1.165, 1.54) is 38.8 Å². The van der Waals surface area contributed by atoms with Gasteiger partial charge in [-0.2, -0.15) is 0 Å². The third-order valence-electron chi connectivity index (χ3n) is 5.73. The normalized spacial score (nSPS) is 45.6. The molecule has 0 aromatic heterocycles. The third kappa shape index (κ3) is 0.946. The molecule has 14 heavy (non-hydrogen) atoms. The van der Waals surface area contributed by atoms with Gasteiger partial charge in [0.2, 0.25) is 0 Å². The number of hydrogen-bond donors (Lipinski definition) is 1. The Kier molecular flexibility index (Phi) is 1.96. The van der Waals surface area contributed by atoms with Crippen molar-refractivity contribution in [1.82, 2.24) is 5.32 Å². The summed E-state index contributed by atoms with van der Waals surface area (Å²) in [5.41, 5.74) is 1.49. The van der Waals surface area contributed by atoms with Crippen LogP contribution in [0.2, 0.25) is 0 Å². The summed E-state index contributed by atoms with van der Waals surface area (Å²) in [4.78, 5) is 0. The van der Waals surface area contributed by atoms with Crippen molar-refractivity contribution in [3.63, 3.8) is 0 Å². The molecular formula is C13H23N. The maximum Gasteiger partial charge on any atom is 0.00163 e. The zero-order valence-electron chi connectivity index (χ0n) is 9.44. The van der Waals surface area contributed by atoms with Gasteiger partial charge in [0.05, 0.1) is 0 Å². The quantitative estimate of drug-likeness (QED) is 0.623. The molecule has 0 aromatic carbocycles. The average molecular weight is 193 g/mol. The highest BCUT2D eigenvalue weighted by atomic mass is 15.0. The van der Waals surface area contributed by atoms with E-state index in [0.717, 1.165) is 11.3 Å². The molecule has 2 atom stereocenters. The fourth-order valence-corrected chi connectivity index (χ4v) is 4.98. The predicted molar refractivity (Wildman–Crippen MR) is 59.2 cm³/mol. The Balaban J connectivity index is 1.96. The molecule has 1 aliphatic heterocycles. The van der Waals surface area contributed by atoms with Crippen molar-refractivity contribution in [2.75, 3.05) is 13.1 Å². The summed E-state index contributed by atoms with van der Waals surface area (Å²) in [5.74, 6) is 0.933. The lowest BCUT2D eigenvalue weighted by atomic mass is 9.60. The maximum absolute atomic E-state index is 3.66. The zero-order valence-corrected chi connectivity index (χ0v) is 9.44. The molecule has 0 aromatic rings. The smallest absolute Gasteiger partial charge is 0.00163 e. The van der Waals surface area contributed by atoms with Crippen LogP contribution in [0.3, 0.4) is 0 Å². The van der Waals surface area contributed by atoms with Crippen LogP contribution in [0.1, 0.15) is 51.9 Å². The molecular weight excluding hydrogens is 170 g/mol. The Bertz CT molecular complexity index is 220. The van der Waals surface area contributed by atoms with Crippen LogP contribution in [0.15, 0.2) is 0 Å². The summed E-state index contributed by atoms with van der Waals surface area (Å²) in [6.07, 6.45) is 10.7. The van der Waals surface area contributed by atoms with E-state index in [0.29, 0.717) is 5.41 Å².